The van der Waals surface area contributed by atoms with Crippen LogP contribution in [0.5, 0.6) is 11.5 Å². The lowest BCUT2D eigenvalue weighted by atomic mass is 10.2. The summed E-state index contributed by atoms with van der Waals surface area (Å²) in [6, 6.07) is 1.97. The Morgan fingerprint density at radius 2 is 2.06 bits per heavy atom. The van der Waals surface area contributed by atoms with Crippen molar-refractivity contribution in [3.8, 4) is 11.5 Å². The summed E-state index contributed by atoms with van der Waals surface area (Å²) in [6.07, 6.45) is 5.38. The van der Waals surface area contributed by atoms with Gasteiger partial charge >= 0.3 is 0 Å². The number of hydrogen-bond acceptors (Lipinski definition) is 3. The van der Waals surface area contributed by atoms with Crippen molar-refractivity contribution in [3.63, 3.8) is 0 Å². The van der Waals surface area contributed by atoms with Crippen LogP contribution in [-0.2, 0) is 6.42 Å². The van der Waals surface area contributed by atoms with Crippen molar-refractivity contribution in [3.05, 3.63) is 18.0 Å². The number of rotatable bonds is 4. The van der Waals surface area contributed by atoms with Crippen LogP contribution in [0.25, 0.3) is 0 Å². The van der Waals surface area contributed by atoms with Crippen molar-refractivity contribution in [2.45, 2.75) is 58.7 Å². The molecule has 0 radical (unpaired) electrons. The van der Waals surface area contributed by atoms with E-state index >= 15 is 0 Å². The Morgan fingerprint density at radius 3 is 2.59 bits per heavy atom. The maximum absolute atomic E-state index is 5.92. The predicted molar refractivity (Wildman–Crippen MR) is 67.6 cm³/mol. The molecule has 0 spiro atoms. The van der Waals surface area contributed by atoms with Crippen molar-refractivity contribution in [1.29, 1.82) is 0 Å². The molecule has 0 unspecified atom stereocenters. The van der Waals surface area contributed by atoms with Gasteiger partial charge in [-0.15, -0.1) is 0 Å². The Balaban J connectivity index is 2.18. The molecule has 3 heteroatoms. The lowest BCUT2D eigenvalue weighted by molar-refractivity contribution is 0.128. The second-order valence-corrected chi connectivity index (χ2v) is 5.50. The first kappa shape index (κ1) is 12.2. The third kappa shape index (κ3) is 3.62. The molecule has 1 fully saturated rings. The fourth-order valence-electron chi connectivity index (χ4n) is 1.58. The molecule has 0 atom stereocenters. The third-order valence-corrected chi connectivity index (χ3v) is 2.48. The maximum atomic E-state index is 5.92. The van der Waals surface area contributed by atoms with Crippen LogP contribution in [0.2, 0.25) is 0 Å². The van der Waals surface area contributed by atoms with Crippen molar-refractivity contribution in [2.24, 2.45) is 0 Å². The van der Waals surface area contributed by atoms with E-state index in [9.17, 15) is 0 Å². The van der Waals surface area contributed by atoms with Crippen LogP contribution >= 0.6 is 0 Å². The lowest BCUT2D eigenvalue weighted by Crippen LogP contribution is -2.23. The molecule has 1 aliphatic carbocycles. The highest BCUT2D eigenvalue weighted by molar-refractivity contribution is 5.35. The molecule has 0 aliphatic heterocycles. The first-order valence-corrected chi connectivity index (χ1v) is 6.32. The minimum Gasteiger partial charge on any atom is -0.489 e. The van der Waals surface area contributed by atoms with Crippen LogP contribution in [0, 0.1) is 0 Å². The van der Waals surface area contributed by atoms with Gasteiger partial charge in [0, 0.05) is 6.07 Å². The third-order valence-electron chi connectivity index (χ3n) is 2.48. The van der Waals surface area contributed by atoms with Gasteiger partial charge in [-0.05, 0) is 40.0 Å². The van der Waals surface area contributed by atoms with E-state index in [2.05, 4.69) is 11.9 Å². The average Bonchev–Trinajstić information content (AvgIpc) is 3.00. The zero-order valence-electron chi connectivity index (χ0n) is 11.1. The quantitative estimate of drug-likeness (QED) is 0.802. The molecule has 3 nitrogen and oxygen atoms in total. The SMILES string of the molecule is CCc1ncc(OC2CC2)cc1OC(C)(C)C. The Hall–Kier alpha value is -1.25. The first-order valence-electron chi connectivity index (χ1n) is 6.32. The molecule has 94 valence electrons. The summed E-state index contributed by atoms with van der Waals surface area (Å²) in [7, 11) is 0. The molecule has 0 N–H and O–H groups in total. The molecule has 2 rings (SSSR count). The van der Waals surface area contributed by atoms with Gasteiger partial charge in [-0.2, -0.15) is 0 Å². The molecule has 1 saturated carbocycles. The van der Waals surface area contributed by atoms with Crippen molar-refractivity contribution in [1.82, 2.24) is 4.98 Å². The zero-order valence-corrected chi connectivity index (χ0v) is 11.1. The van der Waals surface area contributed by atoms with Crippen molar-refractivity contribution < 1.29 is 9.47 Å². The van der Waals surface area contributed by atoms with E-state index in [-0.39, 0.29) is 5.60 Å². The van der Waals surface area contributed by atoms with Gasteiger partial charge in [-0.3, -0.25) is 4.98 Å². The number of hydrogen-bond donors (Lipinski definition) is 0. The molecule has 17 heavy (non-hydrogen) atoms. The molecule has 1 aromatic rings. The fourth-order valence-corrected chi connectivity index (χ4v) is 1.58. The summed E-state index contributed by atoms with van der Waals surface area (Å²) in [5, 5.41) is 0. The van der Waals surface area contributed by atoms with E-state index in [1.54, 1.807) is 6.20 Å². The highest BCUT2D eigenvalue weighted by atomic mass is 16.5. The molecule has 0 saturated heterocycles. The van der Waals surface area contributed by atoms with Gasteiger partial charge in [-0.25, -0.2) is 0 Å². The van der Waals surface area contributed by atoms with Gasteiger partial charge in [0.15, 0.2) is 0 Å². The van der Waals surface area contributed by atoms with Gasteiger partial charge in [0.05, 0.1) is 18.0 Å². The zero-order chi connectivity index (χ0) is 12.5. The average molecular weight is 235 g/mol. The standard InChI is InChI=1S/C14H21NO2/c1-5-12-13(17-14(2,3)4)8-11(9-15-12)16-10-6-7-10/h8-10H,5-7H2,1-4H3. The van der Waals surface area contributed by atoms with E-state index in [1.807, 2.05) is 26.8 Å². The van der Waals surface area contributed by atoms with Crippen LogP contribution in [0.1, 0.15) is 46.2 Å². The van der Waals surface area contributed by atoms with E-state index in [0.29, 0.717) is 6.10 Å². The first-order chi connectivity index (χ1) is 7.98. The molecule has 1 aliphatic rings. The molecular weight excluding hydrogens is 214 g/mol. The van der Waals surface area contributed by atoms with Crippen molar-refractivity contribution in [2.75, 3.05) is 0 Å². The summed E-state index contributed by atoms with van der Waals surface area (Å²) in [5.74, 6) is 1.67. The van der Waals surface area contributed by atoms with E-state index in [1.165, 1.54) is 0 Å². The number of ether oxygens (including phenoxy) is 2. The molecule has 1 aromatic heterocycles. The topological polar surface area (TPSA) is 31.4 Å². The summed E-state index contributed by atoms with van der Waals surface area (Å²) in [4.78, 5) is 4.41. The molecular formula is C14H21NO2. The Labute approximate surface area is 103 Å². The van der Waals surface area contributed by atoms with Crippen LogP contribution in [0.3, 0.4) is 0 Å². The maximum Gasteiger partial charge on any atom is 0.145 e. The van der Waals surface area contributed by atoms with E-state index in [4.69, 9.17) is 9.47 Å². The summed E-state index contributed by atoms with van der Waals surface area (Å²) >= 11 is 0. The van der Waals surface area contributed by atoms with E-state index in [0.717, 1.165) is 36.5 Å². The largest absolute Gasteiger partial charge is 0.489 e. The smallest absolute Gasteiger partial charge is 0.145 e. The van der Waals surface area contributed by atoms with Gasteiger partial charge in [0.1, 0.15) is 17.1 Å². The highest BCUT2D eigenvalue weighted by Crippen LogP contribution is 2.31. The van der Waals surface area contributed by atoms with Gasteiger partial charge in [-0.1, -0.05) is 6.92 Å². The predicted octanol–water partition coefficient (Wildman–Crippen LogP) is 3.36. The Kier molecular flexibility index (Phi) is 3.27. The highest BCUT2D eigenvalue weighted by Gasteiger charge is 2.24. The second kappa shape index (κ2) is 4.55. The molecule has 0 amide bonds. The monoisotopic (exact) mass is 235 g/mol. The minimum absolute atomic E-state index is 0.205. The van der Waals surface area contributed by atoms with E-state index < -0.39 is 0 Å². The lowest BCUT2D eigenvalue weighted by Gasteiger charge is -2.23. The Bertz CT molecular complexity index is 392. The number of pyridine rings is 1. The summed E-state index contributed by atoms with van der Waals surface area (Å²) < 4.78 is 11.7. The number of aromatic nitrogens is 1. The Morgan fingerprint density at radius 1 is 1.35 bits per heavy atom. The van der Waals surface area contributed by atoms with Crippen molar-refractivity contribution >= 4 is 0 Å². The molecule has 1 heterocycles. The number of nitrogens with zero attached hydrogens (tertiary/aromatic N) is 1. The normalized spacial score (nSPS) is 15.8. The minimum atomic E-state index is -0.205. The molecule has 0 aromatic carbocycles. The van der Waals surface area contributed by atoms with Gasteiger partial charge < -0.3 is 9.47 Å². The number of aryl methyl sites for hydroxylation is 1. The fraction of sp³-hybridized carbons (Fsp3) is 0.643. The van der Waals surface area contributed by atoms with Crippen LogP contribution < -0.4 is 9.47 Å². The van der Waals surface area contributed by atoms with Crippen LogP contribution in [0.4, 0.5) is 0 Å². The van der Waals surface area contributed by atoms with Crippen LogP contribution in [-0.4, -0.2) is 16.7 Å². The summed E-state index contributed by atoms with van der Waals surface area (Å²) in [5.41, 5.74) is 0.784. The van der Waals surface area contributed by atoms with Crippen LogP contribution in [0.15, 0.2) is 12.3 Å². The van der Waals surface area contributed by atoms with Gasteiger partial charge in [0.2, 0.25) is 0 Å². The summed E-state index contributed by atoms with van der Waals surface area (Å²) in [6.45, 7) is 8.21. The second-order valence-electron chi connectivity index (χ2n) is 5.50. The molecule has 0 bridgehead atoms. The van der Waals surface area contributed by atoms with Gasteiger partial charge in [0.25, 0.3) is 0 Å².